The van der Waals surface area contributed by atoms with E-state index in [4.69, 9.17) is 10.7 Å². The topological polar surface area (TPSA) is 66.2 Å². The molecule has 46 heavy (non-hydrogen) atoms. The Kier molecular flexibility index (Phi) is 7.48. The molecule has 5 nitrogen and oxygen atoms in total. The molecule has 0 aliphatic carbocycles. The zero-order valence-corrected chi connectivity index (χ0v) is 25.4. The van der Waals surface area contributed by atoms with Crippen molar-refractivity contribution in [3.63, 3.8) is 0 Å². The summed E-state index contributed by atoms with van der Waals surface area (Å²) in [6, 6.07) is 49.2. The van der Waals surface area contributed by atoms with Gasteiger partial charge in [0.2, 0.25) is 0 Å². The van der Waals surface area contributed by atoms with Gasteiger partial charge in [-0.15, -0.1) is 0 Å². The monoisotopic (exact) mass is 597 g/mol. The number of pyridine rings is 1. The number of benzene rings is 5. The predicted octanol–water partition coefficient (Wildman–Crippen LogP) is 8.78. The molecule has 224 valence electrons. The van der Waals surface area contributed by atoms with Gasteiger partial charge in [0.15, 0.2) is 0 Å². The fraction of sp³-hybridized carbons (Fsp3) is 0.0976. The molecule has 1 fully saturated rings. The summed E-state index contributed by atoms with van der Waals surface area (Å²) in [5.74, 6) is 0. The van der Waals surface area contributed by atoms with Crippen molar-refractivity contribution in [2.75, 3.05) is 11.9 Å². The maximum atomic E-state index is 7.20. The second kappa shape index (κ2) is 12.2. The summed E-state index contributed by atoms with van der Waals surface area (Å²) in [6.07, 6.45) is 5.71. The molecule has 5 heteroatoms. The van der Waals surface area contributed by atoms with Crippen LogP contribution in [-0.2, 0) is 0 Å². The van der Waals surface area contributed by atoms with Gasteiger partial charge in [0, 0.05) is 29.6 Å². The standard InChI is InChI=1S/C41H35N5/c42-39(31-21-19-30(20-22-31)38-36-18-9-24-43-37(36)23-25-44-38)46-40(34-16-7-14-32(26-34)28-10-3-1-4-11-28)45-41(46)35-17-8-15-33(27-35)29-12-5-2-6-13-29/h1-23,25-27,39-41,43,45H,24,42H2. The second-order valence-electron chi connectivity index (χ2n) is 11.9. The van der Waals surface area contributed by atoms with Gasteiger partial charge in [-0.2, -0.15) is 0 Å². The Bertz CT molecular complexity index is 1910. The molecule has 2 aliphatic heterocycles. The molecule has 0 saturated carbocycles. The molecule has 2 aliphatic rings. The van der Waals surface area contributed by atoms with Crippen molar-refractivity contribution in [2.24, 2.45) is 5.73 Å². The van der Waals surface area contributed by atoms with Gasteiger partial charge >= 0.3 is 0 Å². The van der Waals surface area contributed by atoms with Crippen LogP contribution in [0, 0.1) is 0 Å². The van der Waals surface area contributed by atoms with Crippen LogP contribution in [0.2, 0.25) is 0 Å². The summed E-state index contributed by atoms with van der Waals surface area (Å²) in [5.41, 5.74) is 19.7. The SMILES string of the molecule is NC(c1ccc(-c2nccc3c2C=CCN3)cc1)N1C(c2cccc(-c3ccccc3)c2)NC1c1cccc(-c2ccccc2)c1. The van der Waals surface area contributed by atoms with E-state index in [1.807, 2.05) is 12.3 Å². The fourth-order valence-corrected chi connectivity index (χ4v) is 6.67. The molecule has 8 rings (SSSR count). The van der Waals surface area contributed by atoms with E-state index in [2.05, 4.69) is 161 Å². The number of anilines is 1. The van der Waals surface area contributed by atoms with Gasteiger partial charge in [-0.25, -0.2) is 4.90 Å². The first-order chi connectivity index (χ1) is 22.7. The van der Waals surface area contributed by atoms with E-state index in [0.717, 1.165) is 34.6 Å². The molecule has 0 radical (unpaired) electrons. The van der Waals surface area contributed by atoms with Crippen molar-refractivity contribution in [3.05, 3.63) is 174 Å². The van der Waals surface area contributed by atoms with Crippen molar-refractivity contribution in [1.29, 1.82) is 0 Å². The van der Waals surface area contributed by atoms with E-state index in [0.29, 0.717) is 0 Å². The van der Waals surface area contributed by atoms with E-state index >= 15 is 0 Å². The molecule has 1 saturated heterocycles. The number of nitrogens with one attached hydrogen (secondary N) is 2. The Morgan fingerprint density at radius 1 is 0.630 bits per heavy atom. The van der Waals surface area contributed by atoms with Gasteiger partial charge in [0.05, 0.1) is 24.2 Å². The van der Waals surface area contributed by atoms with E-state index < -0.39 is 0 Å². The lowest BCUT2D eigenvalue weighted by atomic mass is 9.94. The molecule has 1 aromatic heterocycles. The lowest BCUT2D eigenvalue weighted by Crippen LogP contribution is -2.60. The second-order valence-corrected chi connectivity index (χ2v) is 11.9. The van der Waals surface area contributed by atoms with Crippen molar-refractivity contribution >= 4 is 11.8 Å². The average molecular weight is 598 g/mol. The first-order valence-corrected chi connectivity index (χ1v) is 15.8. The van der Waals surface area contributed by atoms with Crippen LogP contribution in [0.5, 0.6) is 0 Å². The molecule has 3 atom stereocenters. The molecule has 3 unspecified atom stereocenters. The maximum Gasteiger partial charge on any atom is 0.0907 e. The average Bonchev–Trinajstić information content (AvgIpc) is 3.12. The van der Waals surface area contributed by atoms with Crippen LogP contribution in [0.1, 0.15) is 40.8 Å². The van der Waals surface area contributed by atoms with Crippen LogP contribution >= 0.6 is 0 Å². The Hall–Kier alpha value is -5.33. The highest BCUT2D eigenvalue weighted by molar-refractivity contribution is 5.82. The van der Waals surface area contributed by atoms with Crippen LogP contribution < -0.4 is 16.4 Å². The number of fused-ring (bicyclic) bond motifs is 1. The van der Waals surface area contributed by atoms with Crippen molar-refractivity contribution < 1.29 is 0 Å². The summed E-state index contributed by atoms with van der Waals surface area (Å²) in [7, 11) is 0. The summed E-state index contributed by atoms with van der Waals surface area (Å²) >= 11 is 0. The first-order valence-electron chi connectivity index (χ1n) is 15.8. The van der Waals surface area contributed by atoms with Gasteiger partial charge in [0.25, 0.3) is 0 Å². The molecule has 0 bridgehead atoms. The Balaban J connectivity index is 1.14. The predicted molar refractivity (Wildman–Crippen MR) is 188 cm³/mol. The van der Waals surface area contributed by atoms with Crippen LogP contribution in [0.25, 0.3) is 39.6 Å². The molecular formula is C41H35N5. The quantitative estimate of drug-likeness (QED) is 0.172. The molecule has 0 amide bonds. The number of nitrogens with zero attached hydrogens (tertiary/aromatic N) is 2. The minimum absolute atomic E-state index is 0.0530. The van der Waals surface area contributed by atoms with Gasteiger partial charge in [-0.05, 0) is 57.1 Å². The van der Waals surface area contributed by atoms with Crippen molar-refractivity contribution in [2.45, 2.75) is 18.5 Å². The van der Waals surface area contributed by atoms with E-state index in [9.17, 15) is 0 Å². The molecule has 4 N–H and O–H groups in total. The highest BCUT2D eigenvalue weighted by atomic mass is 15.5. The van der Waals surface area contributed by atoms with Gasteiger partial charge in [-0.3, -0.25) is 10.3 Å². The Morgan fingerprint density at radius 2 is 1.22 bits per heavy atom. The lowest BCUT2D eigenvalue weighted by Gasteiger charge is -2.53. The maximum absolute atomic E-state index is 7.20. The summed E-state index contributed by atoms with van der Waals surface area (Å²) in [5, 5.41) is 7.30. The van der Waals surface area contributed by atoms with Gasteiger partial charge in [-0.1, -0.05) is 133 Å². The number of nitrogens with two attached hydrogens (primary N) is 1. The largest absolute Gasteiger partial charge is 0.381 e. The fourth-order valence-electron chi connectivity index (χ4n) is 6.67. The van der Waals surface area contributed by atoms with Crippen LogP contribution in [0.4, 0.5) is 5.69 Å². The van der Waals surface area contributed by atoms with Crippen LogP contribution in [0.3, 0.4) is 0 Å². The van der Waals surface area contributed by atoms with Gasteiger partial charge < -0.3 is 11.1 Å². The smallest absolute Gasteiger partial charge is 0.0907 e. The zero-order chi connectivity index (χ0) is 30.9. The Morgan fingerprint density at radius 3 is 1.83 bits per heavy atom. The van der Waals surface area contributed by atoms with Crippen molar-refractivity contribution in [1.82, 2.24) is 15.2 Å². The zero-order valence-electron chi connectivity index (χ0n) is 25.4. The molecule has 6 aromatic rings. The van der Waals surface area contributed by atoms with Gasteiger partial charge in [0.1, 0.15) is 0 Å². The molecular weight excluding hydrogens is 562 g/mol. The summed E-state index contributed by atoms with van der Waals surface area (Å²) < 4.78 is 0. The number of rotatable bonds is 7. The molecule has 5 aromatic carbocycles. The Labute approximate surface area is 270 Å². The third-order valence-electron chi connectivity index (χ3n) is 9.06. The van der Waals surface area contributed by atoms with Crippen LogP contribution in [0.15, 0.2) is 152 Å². The minimum atomic E-state index is -0.342. The molecule has 0 spiro atoms. The normalized spacial score (nSPS) is 17.8. The van der Waals surface area contributed by atoms with E-state index in [1.165, 1.54) is 33.4 Å². The van der Waals surface area contributed by atoms with E-state index in [1.54, 1.807) is 0 Å². The third kappa shape index (κ3) is 5.31. The first kappa shape index (κ1) is 28.2. The third-order valence-corrected chi connectivity index (χ3v) is 9.06. The summed E-state index contributed by atoms with van der Waals surface area (Å²) in [6.45, 7) is 0.832. The lowest BCUT2D eigenvalue weighted by molar-refractivity contribution is -0.0687. The minimum Gasteiger partial charge on any atom is -0.381 e. The van der Waals surface area contributed by atoms with Crippen molar-refractivity contribution in [3.8, 4) is 33.5 Å². The highest BCUT2D eigenvalue weighted by Gasteiger charge is 2.43. The highest BCUT2D eigenvalue weighted by Crippen LogP contribution is 2.44. The number of aromatic nitrogens is 1. The number of hydrogen-bond acceptors (Lipinski definition) is 5. The molecule has 3 heterocycles. The summed E-state index contributed by atoms with van der Waals surface area (Å²) in [4.78, 5) is 7.11. The number of hydrogen-bond donors (Lipinski definition) is 3. The van der Waals surface area contributed by atoms with E-state index in [-0.39, 0.29) is 18.5 Å². The van der Waals surface area contributed by atoms with Crippen LogP contribution in [-0.4, -0.2) is 16.4 Å².